The number of rotatable bonds is 3. The zero-order valence-electron chi connectivity index (χ0n) is 11.2. The van der Waals surface area contributed by atoms with Crippen LogP contribution >= 0.6 is 0 Å². The van der Waals surface area contributed by atoms with Crippen LogP contribution in [0.25, 0.3) is 0 Å². The Balaban J connectivity index is 3.01. The third-order valence-electron chi connectivity index (χ3n) is 2.44. The Morgan fingerprint density at radius 1 is 1.24 bits per heavy atom. The standard InChI is InChI=1S/C14H20NO2/c1-11(16)13-8-6-12(7-9-13)10-15(17-5)14(2,3)4/h6-10H,1-5H3/q+1/b15-10-. The van der Waals surface area contributed by atoms with E-state index in [2.05, 4.69) is 20.8 Å². The summed E-state index contributed by atoms with van der Waals surface area (Å²) >= 11 is 0. The van der Waals surface area contributed by atoms with E-state index in [9.17, 15) is 4.79 Å². The Kier molecular flexibility index (Phi) is 4.05. The van der Waals surface area contributed by atoms with Crippen LogP contribution in [0.15, 0.2) is 24.3 Å². The fourth-order valence-electron chi connectivity index (χ4n) is 1.46. The van der Waals surface area contributed by atoms with Gasteiger partial charge in [-0.3, -0.25) is 9.63 Å². The molecule has 0 spiro atoms. The van der Waals surface area contributed by atoms with Gasteiger partial charge in [-0.05, 0) is 23.8 Å². The molecular formula is C14H20NO2+. The van der Waals surface area contributed by atoms with Crippen LogP contribution in [0, 0.1) is 0 Å². The largest absolute Gasteiger partial charge is 0.295 e. The number of hydrogen-bond acceptors (Lipinski definition) is 2. The average Bonchev–Trinajstić information content (AvgIpc) is 2.24. The average molecular weight is 234 g/mol. The van der Waals surface area contributed by atoms with E-state index >= 15 is 0 Å². The number of benzene rings is 1. The Labute approximate surface area is 103 Å². The number of nitrogens with zero attached hydrogens (tertiary/aromatic N) is 1. The molecule has 3 nitrogen and oxygen atoms in total. The number of carbonyl (C=O) groups is 1. The van der Waals surface area contributed by atoms with Gasteiger partial charge in [-0.25, -0.2) is 0 Å². The van der Waals surface area contributed by atoms with Crippen molar-refractivity contribution in [3.05, 3.63) is 35.4 Å². The highest BCUT2D eigenvalue weighted by molar-refractivity contribution is 5.94. The first-order chi connectivity index (χ1) is 7.84. The number of Topliss-reactive ketones (excluding diaryl/α,β-unsaturated/α-hetero) is 1. The monoisotopic (exact) mass is 234 g/mol. The van der Waals surface area contributed by atoms with Gasteiger partial charge in [-0.1, -0.05) is 12.1 Å². The third kappa shape index (κ3) is 3.70. The quantitative estimate of drug-likeness (QED) is 0.348. The summed E-state index contributed by atoms with van der Waals surface area (Å²) in [7, 11) is 1.64. The van der Waals surface area contributed by atoms with Crippen molar-refractivity contribution in [2.24, 2.45) is 0 Å². The van der Waals surface area contributed by atoms with Gasteiger partial charge >= 0.3 is 0 Å². The molecule has 0 amide bonds. The van der Waals surface area contributed by atoms with Gasteiger partial charge < -0.3 is 0 Å². The Bertz CT molecular complexity index is 425. The van der Waals surface area contributed by atoms with E-state index < -0.39 is 0 Å². The smallest absolute Gasteiger partial charge is 0.223 e. The van der Waals surface area contributed by atoms with Gasteiger partial charge in [0.2, 0.25) is 11.8 Å². The summed E-state index contributed by atoms with van der Waals surface area (Å²) in [4.78, 5) is 16.5. The zero-order chi connectivity index (χ0) is 13.1. The Hall–Kier alpha value is -1.64. The van der Waals surface area contributed by atoms with E-state index in [0.29, 0.717) is 0 Å². The van der Waals surface area contributed by atoms with Crippen molar-refractivity contribution in [2.45, 2.75) is 33.2 Å². The molecule has 0 aliphatic carbocycles. The Morgan fingerprint density at radius 2 is 1.76 bits per heavy atom. The second-order valence-electron chi connectivity index (χ2n) is 4.99. The third-order valence-corrected chi connectivity index (χ3v) is 2.44. The van der Waals surface area contributed by atoms with Gasteiger partial charge in [0.05, 0.1) is 0 Å². The lowest BCUT2D eigenvalue weighted by molar-refractivity contribution is -0.821. The summed E-state index contributed by atoms with van der Waals surface area (Å²) in [6, 6.07) is 7.47. The number of carbonyl (C=O) groups excluding carboxylic acids is 1. The summed E-state index contributed by atoms with van der Waals surface area (Å²) in [5, 5.41) is 0. The summed E-state index contributed by atoms with van der Waals surface area (Å²) in [6.07, 6.45) is 1.92. The van der Waals surface area contributed by atoms with Crippen LogP contribution in [0.5, 0.6) is 0 Å². The molecular weight excluding hydrogens is 214 g/mol. The summed E-state index contributed by atoms with van der Waals surface area (Å²) in [6.45, 7) is 7.76. The van der Waals surface area contributed by atoms with Gasteiger partial charge in [-0.2, -0.15) is 0 Å². The lowest BCUT2D eigenvalue weighted by atomic mass is 10.1. The molecule has 0 aliphatic rings. The lowest BCUT2D eigenvalue weighted by Crippen LogP contribution is -2.33. The lowest BCUT2D eigenvalue weighted by Gasteiger charge is -2.13. The van der Waals surface area contributed by atoms with E-state index in [0.717, 1.165) is 11.1 Å². The highest BCUT2D eigenvalue weighted by Crippen LogP contribution is 2.09. The van der Waals surface area contributed by atoms with E-state index in [1.807, 2.05) is 30.5 Å². The predicted octanol–water partition coefficient (Wildman–Crippen LogP) is 2.68. The van der Waals surface area contributed by atoms with Crippen LogP contribution in [0.1, 0.15) is 43.6 Å². The molecule has 1 rings (SSSR count). The zero-order valence-corrected chi connectivity index (χ0v) is 11.2. The number of hydrogen-bond donors (Lipinski definition) is 0. The maximum atomic E-state index is 11.1. The molecule has 0 fully saturated rings. The predicted molar refractivity (Wildman–Crippen MR) is 68.6 cm³/mol. The summed E-state index contributed by atoms with van der Waals surface area (Å²) in [5.41, 5.74) is 1.63. The van der Waals surface area contributed by atoms with E-state index in [1.165, 1.54) is 0 Å². The first kappa shape index (κ1) is 13.4. The molecule has 0 atom stereocenters. The highest BCUT2D eigenvalue weighted by Gasteiger charge is 2.25. The van der Waals surface area contributed by atoms with Gasteiger partial charge in [0, 0.05) is 31.9 Å². The molecule has 17 heavy (non-hydrogen) atoms. The van der Waals surface area contributed by atoms with Gasteiger partial charge in [0.1, 0.15) is 7.11 Å². The SMILES string of the molecule is CO/[N+](=C\c1ccc(C(C)=O)cc1)C(C)(C)C. The van der Waals surface area contributed by atoms with Crippen LogP contribution in [0.2, 0.25) is 0 Å². The van der Waals surface area contributed by atoms with Crippen LogP contribution in [0.4, 0.5) is 0 Å². The summed E-state index contributed by atoms with van der Waals surface area (Å²) < 4.78 is 1.79. The molecule has 0 heterocycles. The van der Waals surface area contributed by atoms with Crippen molar-refractivity contribution in [2.75, 3.05) is 7.11 Å². The van der Waals surface area contributed by atoms with Crippen molar-refractivity contribution in [3.63, 3.8) is 0 Å². The van der Waals surface area contributed by atoms with Gasteiger partial charge in [-0.15, -0.1) is 0 Å². The molecule has 0 saturated heterocycles. The van der Waals surface area contributed by atoms with Crippen molar-refractivity contribution in [3.8, 4) is 0 Å². The van der Waals surface area contributed by atoms with Crippen molar-refractivity contribution in [1.82, 2.24) is 0 Å². The molecule has 92 valence electrons. The molecule has 0 saturated carbocycles. The molecule has 0 aliphatic heterocycles. The topological polar surface area (TPSA) is 29.3 Å². The van der Waals surface area contributed by atoms with Gasteiger partial charge in [0.15, 0.2) is 5.78 Å². The molecule has 0 unspecified atom stereocenters. The number of ketones is 1. The minimum Gasteiger partial charge on any atom is -0.295 e. The minimum atomic E-state index is -0.103. The second-order valence-corrected chi connectivity index (χ2v) is 4.99. The second kappa shape index (κ2) is 5.13. The number of hydroxylamine groups is 1. The van der Waals surface area contributed by atoms with E-state index in [1.54, 1.807) is 18.8 Å². The maximum Gasteiger partial charge on any atom is 0.223 e. The molecule has 1 aromatic rings. The van der Waals surface area contributed by atoms with E-state index in [4.69, 9.17) is 4.84 Å². The van der Waals surface area contributed by atoms with Crippen LogP contribution in [0.3, 0.4) is 0 Å². The molecule has 0 N–H and O–H groups in total. The maximum absolute atomic E-state index is 11.1. The molecule has 0 aromatic heterocycles. The normalized spacial score (nSPS) is 12.4. The van der Waals surface area contributed by atoms with Crippen LogP contribution in [-0.4, -0.2) is 29.4 Å². The van der Waals surface area contributed by atoms with Crippen molar-refractivity contribution >= 4 is 12.0 Å². The van der Waals surface area contributed by atoms with Gasteiger partial charge in [0.25, 0.3) is 0 Å². The Morgan fingerprint density at radius 3 is 2.12 bits per heavy atom. The molecule has 1 aromatic carbocycles. The first-order valence-electron chi connectivity index (χ1n) is 5.64. The summed E-state index contributed by atoms with van der Waals surface area (Å²) in [5.74, 6) is 0.0796. The first-order valence-corrected chi connectivity index (χ1v) is 5.64. The van der Waals surface area contributed by atoms with Crippen LogP contribution < -0.4 is 0 Å². The minimum absolute atomic E-state index is 0.0796. The fourth-order valence-corrected chi connectivity index (χ4v) is 1.46. The molecule has 0 bridgehead atoms. The molecule has 0 radical (unpaired) electrons. The van der Waals surface area contributed by atoms with Crippen molar-refractivity contribution in [1.29, 1.82) is 0 Å². The van der Waals surface area contributed by atoms with Crippen LogP contribution in [-0.2, 0) is 4.84 Å². The molecule has 3 heteroatoms. The van der Waals surface area contributed by atoms with Crippen molar-refractivity contribution < 1.29 is 14.4 Å². The van der Waals surface area contributed by atoms with E-state index in [-0.39, 0.29) is 11.3 Å². The highest BCUT2D eigenvalue weighted by atomic mass is 16.7. The fraction of sp³-hybridized carbons (Fsp3) is 0.429.